The lowest BCUT2D eigenvalue weighted by Gasteiger charge is -2.44. The van der Waals surface area contributed by atoms with E-state index in [1.165, 1.54) is 0 Å². The molecule has 1 fully saturated rings. The zero-order chi connectivity index (χ0) is 20.4. The molecule has 0 N–H and O–H groups in total. The zero-order valence-corrected chi connectivity index (χ0v) is 17.1. The third-order valence-corrected chi connectivity index (χ3v) is 6.06. The minimum Gasteiger partial charge on any atom is -0.493 e. The Morgan fingerprint density at radius 2 is 1.79 bits per heavy atom. The molecule has 0 atom stereocenters. The minimum atomic E-state index is -0.483. The molecule has 0 aromatic heterocycles. The van der Waals surface area contributed by atoms with E-state index in [2.05, 4.69) is 0 Å². The summed E-state index contributed by atoms with van der Waals surface area (Å²) in [7, 11) is 0. The Morgan fingerprint density at radius 3 is 2.52 bits per heavy atom. The first-order valence-electron chi connectivity index (χ1n) is 10.2. The average Bonchev–Trinajstić information content (AvgIpc) is 2.71. The molecule has 0 unspecified atom stereocenters. The zero-order valence-electron chi connectivity index (χ0n) is 17.1. The van der Waals surface area contributed by atoms with Gasteiger partial charge in [-0.15, -0.1) is 0 Å². The van der Waals surface area contributed by atoms with Gasteiger partial charge in [0.15, 0.2) is 5.78 Å². The van der Waals surface area contributed by atoms with Crippen molar-refractivity contribution in [3.63, 3.8) is 0 Å². The van der Waals surface area contributed by atoms with E-state index in [0.717, 1.165) is 16.9 Å². The van der Waals surface area contributed by atoms with Crippen molar-refractivity contribution in [2.75, 3.05) is 19.7 Å². The fourth-order valence-corrected chi connectivity index (χ4v) is 4.12. The molecule has 2 aromatic rings. The second kappa shape index (κ2) is 7.90. The number of piperidine rings is 1. The second-order valence-corrected chi connectivity index (χ2v) is 8.11. The number of Topliss-reactive ketones (excluding diaryl/α,β-unsaturated/α-hetero) is 1. The summed E-state index contributed by atoms with van der Waals surface area (Å²) in [4.78, 5) is 27.1. The van der Waals surface area contributed by atoms with Gasteiger partial charge in [0, 0.05) is 25.9 Å². The summed E-state index contributed by atoms with van der Waals surface area (Å²) in [6, 6.07) is 13.4. The number of amides is 1. The first-order valence-corrected chi connectivity index (χ1v) is 10.2. The van der Waals surface area contributed by atoms with Gasteiger partial charge in [0.05, 0.1) is 25.0 Å². The van der Waals surface area contributed by atoms with E-state index in [1.54, 1.807) is 0 Å². The van der Waals surface area contributed by atoms with Gasteiger partial charge in [-0.3, -0.25) is 9.59 Å². The SMILES string of the molecule is Cc1cc2c(cc1C)C(=O)CC1(CCN(C(=O)CCOc3ccccc3)CC1)O2. The van der Waals surface area contributed by atoms with Gasteiger partial charge in [-0.1, -0.05) is 18.2 Å². The van der Waals surface area contributed by atoms with E-state index >= 15 is 0 Å². The summed E-state index contributed by atoms with van der Waals surface area (Å²) in [6.07, 6.45) is 2.09. The highest BCUT2D eigenvalue weighted by Gasteiger charge is 2.43. The maximum absolute atomic E-state index is 12.7. The number of carbonyl (C=O) groups is 2. The summed E-state index contributed by atoms with van der Waals surface area (Å²) in [5.41, 5.74) is 2.44. The van der Waals surface area contributed by atoms with Gasteiger partial charge >= 0.3 is 0 Å². The molecule has 0 aliphatic carbocycles. The fraction of sp³-hybridized carbons (Fsp3) is 0.417. The van der Waals surface area contributed by atoms with Gasteiger partial charge in [-0.2, -0.15) is 0 Å². The second-order valence-electron chi connectivity index (χ2n) is 8.11. The van der Waals surface area contributed by atoms with Crippen molar-refractivity contribution in [1.82, 2.24) is 4.90 Å². The highest BCUT2D eigenvalue weighted by molar-refractivity contribution is 6.00. The van der Waals surface area contributed by atoms with Crippen molar-refractivity contribution in [1.29, 1.82) is 0 Å². The van der Waals surface area contributed by atoms with Crippen LogP contribution in [-0.2, 0) is 4.79 Å². The molecule has 2 aliphatic rings. The Balaban J connectivity index is 1.33. The fourth-order valence-electron chi connectivity index (χ4n) is 4.12. The Morgan fingerprint density at radius 1 is 1.10 bits per heavy atom. The Kier molecular flexibility index (Phi) is 5.31. The highest BCUT2D eigenvalue weighted by atomic mass is 16.5. The number of ether oxygens (including phenoxy) is 2. The number of fused-ring (bicyclic) bond motifs is 1. The highest BCUT2D eigenvalue weighted by Crippen LogP contribution is 2.40. The van der Waals surface area contributed by atoms with E-state index in [4.69, 9.17) is 9.47 Å². The quantitative estimate of drug-likeness (QED) is 0.785. The van der Waals surface area contributed by atoms with Crippen molar-refractivity contribution >= 4 is 11.7 Å². The van der Waals surface area contributed by atoms with Gasteiger partial charge in [-0.25, -0.2) is 0 Å². The first kappa shape index (κ1) is 19.5. The molecule has 29 heavy (non-hydrogen) atoms. The number of carbonyl (C=O) groups excluding carboxylic acids is 2. The number of hydrogen-bond acceptors (Lipinski definition) is 4. The van der Waals surface area contributed by atoms with Crippen molar-refractivity contribution in [3.8, 4) is 11.5 Å². The van der Waals surface area contributed by atoms with Crippen LogP contribution in [0.25, 0.3) is 0 Å². The number of likely N-dealkylation sites (tertiary alicyclic amines) is 1. The number of para-hydroxylation sites is 1. The molecular formula is C24H27NO4. The van der Waals surface area contributed by atoms with Crippen molar-refractivity contribution in [3.05, 3.63) is 59.2 Å². The molecule has 1 saturated heterocycles. The lowest BCUT2D eigenvalue weighted by atomic mass is 9.82. The molecule has 2 aliphatic heterocycles. The molecule has 1 amide bonds. The van der Waals surface area contributed by atoms with Crippen LogP contribution in [0.5, 0.6) is 11.5 Å². The number of benzene rings is 2. The molecule has 5 heteroatoms. The third-order valence-electron chi connectivity index (χ3n) is 6.06. The van der Waals surface area contributed by atoms with E-state index in [1.807, 2.05) is 61.2 Å². The third kappa shape index (κ3) is 4.14. The first-order chi connectivity index (χ1) is 14.0. The minimum absolute atomic E-state index is 0.0878. The van der Waals surface area contributed by atoms with Gasteiger partial charge < -0.3 is 14.4 Å². The predicted molar refractivity (Wildman–Crippen MR) is 111 cm³/mol. The van der Waals surface area contributed by atoms with Crippen molar-refractivity contribution in [2.24, 2.45) is 0 Å². The number of hydrogen-bond donors (Lipinski definition) is 0. The van der Waals surface area contributed by atoms with Crippen molar-refractivity contribution < 1.29 is 19.1 Å². The van der Waals surface area contributed by atoms with Gasteiger partial charge in [0.2, 0.25) is 5.91 Å². The van der Waals surface area contributed by atoms with Crippen LogP contribution in [0.3, 0.4) is 0 Å². The molecule has 2 aromatic carbocycles. The van der Waals surface area contributed by atoms with Crippen LogP contribution in [0.15, 0.2) is 42.5 Å². The van der Waals surface area contributed by atoms with Gasteiger partial charge in [-0.05, 0) is 49.2 Å². The lowest BCUT2D eigenvalue weighted by Crippen LogP contribution is -2.52. The molecule has 0 bridgehead atoms. The number of ketones is 1. The standard InChI is InChI=1S/C24H27NO4/c1-17-14-20-21(26)16-24(29-22(20)15-18(17)2)9-11-25(12-10-24)23(27)8-13-28-19-6-4-3-5-7-19/h3-7,14-15H,8-13,16H2,1-2H3. The molecule has 0 saturated carbocycles. The largest absolute Gasteiger partial charge is 0.493 e. The van der Waals surface area contributed by atoms with Gasteiger partial charge in [0.1, 0.15) is 17.1 Å². The summed E-state index contributed by atoms with van der Waals surface area (Å²) in [5, 5.41) is 0. The lowest BCUT2D eigenvalue weighted by molar-refractivity contribution is -0.135. The number of aryl methyl sites for hydroxylation is 2. The number of nitrogens with zero attached hydrogens (tertiary/aromatic N) is 1. The van der Waals surface area contributed by atoms with E-state index in [0.29, 0.717) is 56.7 Å². The van der Waals surface area contributed by atoms with Gasteiger partial charge in [0.25, 0.3) is 0 Å². The maximum Gasteiger partial charge on any atom is 0.226 e. The van der Waals surface area contributed by atoms with E-state index in [9.17, 15) is 9.59 Å². The molecule has 1 spiro atoms. The summed E-state index contributed by atoms with van der Waals surface area (Å²) < 4.78 is 12.0. The predicted octanol–water partition coefficient (Wildman–Crippen LogP) is 4.10. The van der Waals surface area contributed by atoms with Crippen LogP contribution in [0, 0.1) is 13.8 Å². The molecule has 152 valence electrons. The Hall–Kier alpha value is -2.82. The van der Waals surface area contributed by atoms with E-state index < -0.39 is 5.60 Å². The topological polar surface area (TPSA) is 55.8 Å². The molecule has 5 nitrogen and oxygen atoms in total. The van der Waals surface area contributed by atoms with Crippen LogP contribution in [0.4, 0.5) is 0 Å². The van der Waals surface area contributed by atoms with Crippen LogP contribution >= 0.6 is 0 Å². The molecule has 2 heterocycles. The number of rotatable bonds is 4. The average molecular weight is 393 g/mol. The summed E-state index contributed by atoms with van der Waals surface area (Å²) in [5.74, 6) is 1.70. The van der Waals surface area contributed by atoms with Crippen LogP contribution in [0.2, 0.25) is 0 Å². The summed E-state index contributed by atoms with van der Waals surface area (Å²) in [6.45, 7) is 5.63. The normalized spacial score (nSPS) is 17.6. The summed E-state index contributed by atoms with van der Waals surface area (Å²) >= 11 is 0. The van der Waals surface area contributed by atoms with Crippen molar-refractivity contribution in [2.45, 2.75) is 45.1 Å². The molecule has 0 radical (unpaired) electrons. The Labute approximate surface area is 171 Å². The molecular weight excluding hydrogens is 366 g/mol. The monoisotopic (exact) mass is 393 g/mol. The van der Waals surface area contributed by atoms with Crippen LogP contribution in [0.1, 0.15) is 47.2 Å². The van der Waals surface area contributed by atoms with Crippen LogP contribution < -0.4 is 9.47 Å². The molecule has 4 rings (SSSR count). The van der Waals surface area contributed by atoms with Crippen LogP contribution in [-0.4, -0.2) is 41.9 Å². The maximum atomic E-state index is 12.7. The van der Waals surface area contributed by atoms with E-state index in [-0.39, 0.29) is 11.7 Å². The smallest absolute Gasteiger partial charge is 0.226 e. The Bertz CT molecular complexity index is 914.